The summed E-state index contributed by atoms with van der Waals surface area (Å²) in [7, 11) is 0. The lowest BCUT2D eigenvalue weighted by atomic mass is 10.2. The molecule has 3 rings (SSSR count). The highest BCUT2D eigenvalue weighted by Gasteiger charge is 2.21. The Morgan fingerprint density at radius 3 is 2.94 bits per heavy atom. The molecule has 5 heteroatoms. The highest BCUT2D eigenvalue weighted by molar-refractivity contribution is 6.33. The summed E-state index contributed by atoms with van der Waals surface area (Å²) in [6.45, 7) is 0.651. The second kappa shape index (κ2) is 4.47. The van der Waals surface area contributed by atoms with E-state index in [1.165, 1.54) is 12.8 Å². The average Bonchev–Trinajstić information content (AvgIpc) is 3.06. The van der Waals surface area contributed by atoms with Gasteiger partial charge < -0.3 is 9.84 Å². The van der Waals surface area contributed by atoms with Crippen LogP contribution in [0.15, 0.2) is 28.8 Å². The smallest absolute Gasteiger partial charge is 0.259 e. The monoisotopic (exact) mass is 249 g/mol. The van der Waals surface area contributed by atoms with Crippen molar-refractivity contribution < 1.29 is 4.52 Å². The Kier molecular flexibility index (Phi) is 2.82. The van der Waals surface area contributed by atoms with Crippen LogP contribution in [0.25, 0.3) is 11.5 Å². The van der Waals surface area contributed by atoms with Gasteiger partial charge >= 0.3 is 0 Å². The summed E-state index contributed by atoms with van der Waals surface area (Å²) in [5.74, 6) is 1.15. The van der Waals surface area contributed by atoms with Gasteiger partial charge in [-0.3, -0.25) is 0 Å². The summed E-state index contributed by atoms with van der Waals surface area (Å²) in [6, 6.07) is 8.08. The van der Waals surface area contributed by atoms with E-state index in [1.807, 2.05) is 24.3 Å². The lowest BCUT2D eigenvalue weighted by Crippen LogP contribution is -2.16. The molecule has 0 aliphatic heterocycles. The number of benzene rings is 1. The number of hydrogen-bond acceptors (Lipinski definition) is 4. The Bertz CT molecular complexity index is 522. The summed E-state index contributed by atoms with van der Waals surface area (Å²) >= 11 is 6.06. The third kappa shape index (κ3) is 2.48. The number of halogens is 1. The normalized spacial score (nSPS) is 15.1. The van der Waals surface area contributed by atoms with Gasteiger partial charge in [-0.2, -0.15) is 4.98 Å². The van der Waals surface area contributed by atoms with E-state index in [1.54, 1.807) is 0 Å². The van der Waals surface area contributed by atoms with Crippen LogP contribution >= 0.6 is 11.6 Å². The Morgan fingerprint density at radius 2 is 2.18 bits per heavy atom. The maximum absolute atomic E-state index is 6.06. The van der Waals surface area contributed by atoms with Gasteiger partial charge in [-0.05, 0) is 25.0 Å². The molecule has 0 saturated heterocycles. The molecule has 0 amide bonds. The maximum Gasteiger partial charge on any atom is 0.259 e. The van der Waals surface area contributed by atoms with Crippen molar-refractivity contribution in [2.24, 2.45) is 0 Å². The summed E-state index contributed by atoms with van der Waals surface area (Å²) in [6.07, 6.45) is 2.49. The average molecular weight is 250 g/mol. The van der Waals surface area contributed by atoms with Crippen molar-refractivity contribution in [1.82, 2.24) is 15.5 Å². The number of nitrogens with one attached hydrogen (secondary N) is 1. The van der Waals surface area contributed by atoms with Gasteiger partial charge in [-0.25, -0.2) is 0 Å². The molecule has 1 aromatic carbocycles. The molecule has 1 heterocycles. The summed E-state index contributed by atoms with van der Waals surface area (Å²) in [5, 5.41) is 7.88. The van der Waals surface area contributed by atoms with Gasteiger partial charge in [0, 0.05) is 6.04 Å². The van der Waals surface area contributed by atoms with Crippen LogP contribution in [0.1, 0.15) is 18.7 Å². The van der Waals surface area contributed by atoms with Crippen LogP contribution in [0.3, 0.4) is 0 Å². The predicted molar refractivity (Wildman–Crippen MR) is 64.6 cm³/mol. The van der Waals surface area contributed by atoms with Crippen molar-refractivity contribution in [3.05, 3.63) is 35.1 Å². The molecule has 1 fully saturated rings. The molecule has 0 bridgehead atoms. The van der Waals surface area contributed by atoms with Crippen molar-refractivity contribution in [3.63, 3.8) is 0 Å². The van der Waals surface area contributed by atoms with E-state index in [-0.39, 0.29) is 0 Å². The minimum Gasteiger partial charge on any atom is -0.334 e. The van der Waals surface area contributed by atoms with E-state index < -0.39 is 0 Å². The molecule has 17 heavy (non-hydrogen) atoms. The molecular weight excluding hydrogens is 238 g/mol. The molecule has 1 saturated carbocycles. The molecule has 1 N–H and O–H groups in total. The zero-order chi connectivity index (χ0) is 11.7. The first-order valence-corrected chi connectivity index (χ1v) is 6.01. The Labute approximate surface area is 104 Å². The third-order valence-corrected chi connectivity index (χ3v) is 3.03. The van der Waals surface area contributed by atoms with E-state index in [0.29, 0.717) is 29.3 Å². The Balaban J connectivity index is 1.77. The van der Waals surface area contributed by atoms with Gasteiger partial charge in [-0.15, -0.1) is 0 Å². The van der Waals surface area contributed by atoms with Crippen molar-refractivity contribution in [1.29, 1.82) is 0 Å². The van der Waals surface area contributed by atoms with Crippen molar-refractivity contribution in [3.8, 4) is 11.5 Å². The molecule has 0 atom stereocenters. The SMILES string of the molecule is Clc1ccccc1-c1nc(CNC2CC2)no1. The molecule has 4 nitrogen and oxygen atoms in total. The second-order valence-corrected chi connectivity index (χ2v) is 4.56. The van der Waals surface area contributed by atoms with Gasteiger partial charge in [-0.1, -0.05) is 28.9 Å². The quantitative estimate of drug-likeness (QED) is 0.905. The van der Waals surface area contributed by atoms with Crippen LogP contribution in [0.4, 0.5) is 0 Å². The highest BCUT2D eigenvalue weighted by Crippen LogP contribution is 2.26. The molecular formula is C12H12ClN3O. The first-order valence-electron chi connectivity index (χ1n) is 5.64. The van der Waals surface area contributed by atoms with Gasteiger partial charge in [0.1, 0.15) is 0 Å². The summed E-state index contributed by atoms with van der Waals surface area (Å²) in [5.41, 5.74) is 0.777. The van der Waals surface area contributed by atoms with Crippen LogP contribution in [-0.2, 0) is 6.54 Å². The van der Waals surface area contributed by atoms with Crippen molar-refractivity contribution >= 4 is 11.6 Å². The van der Waals surface area contributed by atoms with Gasteiger partial charge in [0.15, 0.2) is 5.82 Å². The number of nitrogens with zero attached hydrogens (tertiary/aromatic N) is 2. The Hall–Kier alpha value is -1.39. The first kappa shape index (κ1) is 10.7. The van der Waals surface area contributed by atoms with Crippen LogP contribution in [0.2, 0.25) is 5.02 Å². The highest BCUT2D eigenvalue weighted by atomic mass is 35.5. The number of aromatic nitrogens is 2. The maximum atomic E-state index is 6.06. The Morgan fingerprint density at radius 1 is 1.35 bits per heavy atom. The molecule has 1 aromatic heterocycles. The lowest BCUT2D eigenvalue weighted by Gasteiger charge is -1.96. The third-order valence-electron chi connectivity index (χ3n) is 2.70. The fraction of sp³-hybridized carbons (Fsp3) is 0.333. The second-order valence-electron chi connectivity index (χ2n) is 4.15. The van der Waals surface area contributed by atoms with Gasteiger partial charge in [0.05, 0.1) is 17.1 Å². The molecule has 0 radical (unpaired) electrons. The van der Waals surface area contributed by atoms with Crippen molar-refractivity contribution in [2.75, 3.05) is 0 Å². The fourth-order valence-corrected chi connectivity index (χ4v) is 1.81. The van der Waals surface area contributed by atoms with Crippen LogP contribution < -0.4 is 5.32 Å². The van der Waals surface area contributed by atoms with Crippen LogP contribution in [0.5, 0.6) is 0 Å². The minimum atomic E-state index is 0.475. The number of rotatable bonds is 4. The molecule has 1 aliphatic carbocycles. The number of hydrogen-bond donors (Lipinski definition) is 1. The standard InChI is InChI=1S/C12H12ClN3O/c13-10-4-2-1-3-9(10)12-15-11(16-17-12)7-14-8-5-6-8/h1-4,8,14H,5-7H2. The van der Waals surface area contributed by atoms with Gasteiger partial charge in [0.25, 0.3) is 5.89 Å². The van der Waals surface area contributed by atoms with E-state index in [4.69, 9.17) is 16.1 Å². The molecule has 2 aromatic rings. The minimum absolute atomic E-state index is 0.475. The molecule has 0 unspecified atom stereocenters. The first-order chi connectivity index (χ1) is 8.33. The fourth-order valence-electron chi connectivity index (χ4n) is 1.59. The van der Waals surface area contributed by atoms with E-state index in [2.05, 4.69) is 15.5 Å². The topological polar surface area (TPSA) is 51.0 Å². The van der Waals surface area contributed by atoms with Gasteiger partial charge in [0.2, 0.25) is 0 Å². The van der Waals surface area contributed by atoms with Crippen LogP contribution in [0, 0.1) is 0 Å². The van der Waals surface area contributed by atoms with E-state index in [0.717, 1.165) is 5.56 Å². The van der Waals surface area contributed by atoms with E-state index >= 15 is 0 Å². The zero-order valence-corrected chi connectivity index (χ0v) is 9.94. The molecule has 0 spiro atoms. The molecule has 1 aliphatic rings. The largest absolute Gasteiger partial charge is 0.334 e. The van der Waals surface area contributed by atoms with E-state index in [9.17, 15) is 0 Å². The van der Waals surface area contributed by atoms with Crippen LogP contribution in [-0.4, -0.2) is 16.2 Å². The summed E-state index contributed by atoms with van der Waals surface area (Å²) in [4.78, 5) is 4.32. The molecule has 88 valence electrons. The summed E-state index contributed by atoms with van der Waals surface area (Å²) < 4.78 is 5.20. The lowest BCUT2D eigenvalue weighted by molar-refractivity contribution is 0.419. The predicted octanol–water partition coefficient (Wildman–Crippen LogP) is 2.64. The zero-order valence-electron chi connectivity index (χ0n) is 9.19. The van der Waals surface area contributed by atoms with Crippen molar-refractivity contribution in [2.45, 2.75) is 25.4 Å².